The summed E-state index contributed by atoms with van der Waals surface area (Å²) in [5, 5.41) is 0.603. The van der Waals surface area contributed by atoms with E-state index in [4.69, 9.17) is 0 Å². The van der Waals surface area contributed by atoms with Crippen LogP contribution in [0.1, 0.15) is 5.56 Å². The molecule has 0 saturated carbocycles. The maximum absolute atomic E-state index is 11.5. The zero-order valence-electron chi connectivity index (χ0n) is 9.04. The molecule has 5 heteroatoms. The first-order valence-corrected chi connectivity index (χ1v) is 5.68. The highest BCUT2D eigenvalue weighted by molar-refractivity contribution is 8.19. The van der Waals surface area contributed by atoms with Gasteiger partial charge in [0.25, 0.3) is 5.91 Å². The molecule has 86 valence electrons. The summed E-state index contributed by atoms with van der Waals surface area (Å²) in [6, 6.07) is 9.34. The zero-order chi connectivity index (χ0) is 12.3. The highest BCUT2D eigenvalue weighted by atomic mass is 32.2. The molecular formula is C12H9NO3S. The molecule has 0 spiro atoms. The number of esters is 1. The normalized spacial score (nSPS) is 17.1. The van der Waals surface area contributed by atoms with Crippen LogP contribution < -0.4 is 0 Å². The van der Waals surface area contributed by atoms with Crippen LogP contribution in [0.5, 0.6) is 0 Å². The average molecular weight is 247 g/mol. The molecule has 1 aliphatic rings. The van der Waals surface area contributed by atoms with Gasteiger partial charge in [0, 0.05) is 11.6 Å². The predicted octanol–water partition coefficient (Wildman–Crippen LogP) is 1.76. The van der Waals surface area contributed by atoms with Crippen molar-refractivity contribution < 1.29 is 14.3 Å². The van der Waals surface area contributed by atoms with Crippen LogP contribution in [-0.2, 0) is 14.3 Å². The molecule has 0 radical (unpaired) electrons. The third-order valence-corrected chi connectivity index (χ3v) is 3.12. The first-order valence-electron chi connectivity index (χ1n) is 4.86. The van der Waals surface area contributed by atoms with Crippen molar-refractivity contribution in [2.45, 2.75) is 0 Å². The van der Waals surface area contributed by atoms with Crippen LogP contribution in [0.25, 0.3) is 0 Å². The Balaban J connectivity index is 2.22. The molecule has 1 aliphatic heterocycles. The fourth-order valence-corrected chi connectivity index (χ4v) is 2.16. The number of methoxy groups -OCH3 is 1. The standard InChI is InChI=1S/C12H9NO3S/c1-16-10(14)7-9-11(15)13-12(17-9)8-5-3-2-4-6-8/h2-7H,1H3/b9-7+. The minimum Gasteiger partial charge on any atom is -0.466 e. The lowest BCUT2D eigenvalue weighted by atomic mass is 10.2. The van der Waals surface area contributed by atoms with Gasteiger partial charge in [0.1, 0.15) is 5.04 Å². The molecule has 0 aromatic heterocycles. The number of aliphatic imine (C=N–C) groups is 1. The van der Waals surface area contributed by atoms with Crippen molar-refractivity contribution in [3.05, 3.63) is 46.9 Å². The third-order valence-electron chi connectivity index (χ3n) is 2.09. The number of amides is 1. The number of hydrogen-bond donors (Lipinski definition) is 0. The summed E-state index contributed by atoms with van der Waals surface area (Å²) < 4.78 is 4.47. The van der Waals surface area contributed by atoms with E-state index in [1.807, 2.05) is 30.3 Å². The minimum atomic E-state index is -0.551. The third kappa shape index (κ3) is 2.62. The summed E-state index contributed by atoms with van der Waals surface area (Å²) >= 11 is 1.18. The lowest BCUT2D eigenvalue weighted by molar-refractivity contribution is -0.135. The summed E-state index contributed by atoms with van der Waals surface area (Å²) in [5.74, 6) is -0.954. The Morgan fingerprint density at radius 3 is 2.71 bits per heavy atom. The van der Waals surface area contributed by atoms with Crippen LogP contribution >= 0.6 is 11.8 Å². The minimum absolute atomic E-state index is 0.288. The molecule has 1 aromatic rings. The number of rotatable bonds is 2. The first-order chi connectivity index (χ1) is 8.20. The Kier molecular flexibility index (Phi) is 3.39. The number of ether oxygens (including phenoxy) is 1. The van der Waals surface area contributed by atoms with Crippen molar-refractivity contribution in [1.29, 1.82) is 0 Å². The van der Waals surface area contributed by atoms with Gasteiger partial charge >= 0.3 is 5.97 Å². The van der Waals surface area contributed by atoms with Gasteiger partial charge in [-0.05, 0) is 0 Å². The van der Waals surface area contributed by atoms with Crippen LogP contribution in [0.4, 0.5) is 0 Å². The Morgan fingerprint density at radius 1 is 1.35 bits per heavy atom. The van der Waals surface area contributed by atoms with Crippen LogP contribution in [0.15, 0.2) is 46.3 Å². The molecule has 0 bridgehead atoms. The van der Waals surface area contributed by atoms with Gasteiger partial charge in [-0.1, -0.05) is 42.1 Å². The molecule has 0 atom stereocenters. The number of nitrogens with zero attached hydrogens (tertiary/aromatic N) is 1. The Bertz CT molecular complexity index is 520. The number of benzene rings is 1. The summed E-state index contributed by atoms with van der Waals surface area (Å²) in [4.78, 5) is 26.7. The molecule has 1 heterocycles. The zero-order valence-corrected chi connectivity index (χ0v) is 9.86. The molecule has 4 nitrogen and oxygen atoms in total. The van der Waals surface area contributed by atoms with Crippen molar-refractivity contribution in [3.63, 3.8) is 0 Å². The highest BCUT2D eigenvalue weighted by Gasteiger charge is 2.23. The van der Waals surface area contributed by atoms with Crippen LogP contribution in [0, 0.1) is 0 Å². The lowest BCUT2D eigenvalue weighted by Crippen LogP contribution is -1.98. The SMILES string of the molecule is COC(=O)/C=C1/SC(c2ccccc2)=NC1=O. The summed E-state index contributed by atoms with van der Waals surface area (Å²) in [6.07, 6.45) is 1.16. The van der Waals surface area contributed by atoms with Crippen molar-refractivity contribution in [1.82, 2.24) is 0 Å². The molecule has 0 fully saturated rings. The Labute approximate surface area is 102 Å². The van der Waals surface area contributed by atoms with Crippen molar-refractivity contribution in [2.75, 3.05) is 7.11 Å². The van der Waals surface area contributed by atoms with Crippen molar-refractivity contribution in [2.24, 2.45) is 4.99 Å². The van der Waals surface area contributed by atoms with Gasteiger partial charge in [-0.25, -0.2) is 9.79 Å². The van der Waals surface area contributed by atoms with Gasteiger partial charge in [-0.3, -0.25) is 4.79 Å². The van der Waals surface area contributed by atoms with Crippen molar-refractivity contribution >= 4 is 28.7 Å². The average Bonchev–Trinajstić information content (AvgIpc) is 2.72. The number of carbonyl (C=O) groups excluding carboxylic acids is 2. The van der Waals surface area contributed by atoms with E-state index in [1.165, 1.54) is 18.9 Å². The van der Waals surface area contributed by atoms with Crippen LogP contribution in [0.2, 0.25) is 0 Å². The van der Waals surface area contributed by atoms with Crippen LogP contribution in [-0.4, -0.2) is 24.0 Å². The maximum Gasteiger partial charge on any atom is 0.331 e. The molecule has 0 aliphatic carbocycles. The molecule has 0 N–H and O–H groups in total. The monoisotopic (exact) mass is 247 g/mol. The summed E-state index contributed by atoms with van der Waals surface area (Å²) in [7, 11) is 1.27. The molecular weight excluding hydrogens is 238 g/mol. The van der Waals surface area contributed by atoms with E-state index in [9.17, 15) is 9.59 Å². The lowest BCUT2D eigenvalue weighted by Gasteiger charge is -1.97. The Morgan fingerprint density at radius 2 is 2.06 bits per heavy atom. The van der Waals surface area contributed by atoms with E-state index in [1.54, 1.807) is 0 Å². The van der Waals surface area contributed by atoms with Gasteiger partial charge in [0.15, 0.2) is 0 Å². The Hall–Kier alpha value is -1.88. The van der Waals surface area contributed by atoms with Gasteiger partial charge < -0.3 is 4.74 Å². The van der Waals surface area contributed by atoms with Crippen LogP contribution in [0.3, 0.4) is 0 Å². The van der Waals surface area contributed by atoms with Gasteiger partial charge in [0.2, 0.25) is 0 Å². The van der Waals surface area contributed by atoms with E-state index in [2.05, 4.69) is 9.73 Å². The van der Waals surface area contributed by atoms with Gasteiger partial charge in [-0.15, -0.1) is 0 Å². The smallest absolute Gasteiger partial charge is 0.331 e. The first kappa shape index (κ1) is 11.6. The van der Waals surface area contributed by atoms with E-state index in [-0.39, 0.29) is 4.91 Å². The fourth-order valence-electron chi connectivity index (χ4n) is 1.28. The second-order valence-corrected chi connectivity index (χ2v) is 4.25. The number of hydrogen-bond acceptors (Lipinski definition) is 4. The van der Waals surface area contributed by atoms with E-state index < -0.39 is 11.9 Å². The molecule has 0 saturated heterocycles. The second-order valence-electron chi connectivity index (χ2n) is 3.22. The quantitative estimate of drug-likeness (QED) is 0.590. The van der Waals surface area contributed by atoms with E-state index in [0.29, 0.717) is 5.04 Å². The summed E-state index contributed by atoms with van der Waals surface area (Å²) in [6.45, 7) is 0. The van der Waals surface area contributed by atoms with E-state index >= 15 is 0 Å². The van der Waals surface area contributed by atoms with Gasteiger partial charge in [0.05, 0.1) is 12.0 Å². The number of carbonyl (C=O) groups is 2. The molecule has 1 aromatic carbocycles. The molecule has 17 heavy (non-hydrogen) atoms. The summed E-state index contributed by atoms with van der Waals surface area (Å²) in [5.41, 5.74) is 0.860. The molecule has 1 amide bonds. The topological polar surface area (TPSA) is 55.7 Å². The molecule has 2 rings (SSSR count). The largest absolute Gasteiger partial charge is 0.466 e. The highest BCUT2D eigenvalue weighted by Crippen LogP contribution is 2.29. The van der Waals surface area contributed by atoms with E-state index in [0.717, 1.165) is 11.6 Å². The maximum atomic E-state index is 11.5. The van der Waals surface area contributed by atoms with Crippen molar-refractivity contribution in [3.8, 4) is 0 Å². The molecule has 0 unspecified atom stereocenters. The fraction of sp³-hybridized carbons (Fsp3) is 0.0833. The number of thioether (sulfide) groups is 1. The second kappa shape index (κ2) is 4.97. The predicted molar refractivity (Wildman–Crippen MR) is 65.7 cm³/mol. The van der Waals surface area contributed by atoms with Gasteiger partial charge in [-0.2, -0.15) is 0 Å².